The van der Waals surface area contributed by atoms with Gasteiger partial charge in [0.2, 0.25) is 5.91 Å². The average molecular weight is 521 g/mol. The van der Waals surface area contributed by atoms with Gasteiger partial charge in [-0.1, -0.05) is 65.3 Å². The van der Waals surface area contributed by atoms with Crippen LogP contribution in [0.1, 0.15) is 35.6 Å². The average Bonchev–Trinajstić information content (AvgIpc) is 3.45. The number of carbonyl (C=O) groups is 2. The van der Waals surface area contributed by atoms with Crippen LogP contribution in [-0.4, -0.2) is 33.0 Å². The van der Waals surface area contributed by atoms with Gasteiger partial charge < -0.3 is 5.32 Å². The summed E-state index contributed by atoms with van der Waals surface area (Å²) in [5.74, 6) is -0.956. The smallest absolute Gasteiger partial charge is 0.262 e. The van der Waals surface area contributed by atoms with Crippen LogP contribution in [-0.2, 0) is 9.59 Å². The summed E-state index contributed by atoms with van der Waals surface area (Å²) in [6.07, 6.45) is 0.521. The molecule has 0 unspecified atom stereocenters. The molecule has 3 aromatic rings. The first-order chi connectivity index (χ1) is 17.4. The van der Waals surface area contributed by atoms with E-state index in [0.717, 1.165) is 22.4 Å². The van der Waals surface area contributed by atoms with E-state index in [1.165, 1.54) is 23.9 Å². The molecular formula is C27H22ClFN4O2S. The number of benzene rings is 3. The van der Waals surface area contributed by atoms with E-state index in [-0.39, 0.29) is 30.1 Å². The predicted octanol–water partition coefficient (Wildman–Crippen LogP) is 5.97. The van der Waals surface area contributed by atoms with Gasteiger partial charge in [-0.3, -0.25) is 9.59 Å². The van der Waals surface area contributed by atoms with Crippen molar-refractivity contribution in [2.45, 2.75) is 31.1 Å². The highest BCUT2D eigenvalue weighted by Gasteiger charge is 2.39. The maximum absolute atomic E-state index is 13.5. The van der Waals surface area contributed by atoms with Crippen molar-refractivity contribution in [1.29, 1.82) is 0 Å². The topological polar surface area (TPSA) is 74.1 Å². The summed E-state index contributed by atoms with van der Waals surface area (Å²) in [6.45, 7) is 1.97. The fourth-order valence-electron chi connectivity index (χ4n) is 4.10. The quantitative estimate of drug-likeness (QED) is 0.450. The zero-order valence-electron chi connectivity index (χ0n) is 19.3. The number of hydrogen-bond acceptors (Lipinski definition) is 5. The minimum absolute atomic E-state index is 0.00538. The van der Waals surface area contributed by atoms with Gasteiger partial charge >= 0.3 is 0 Å². The third-order valence-corrected chi connectivity index (χ3v) is 7.33. The molecule has 2 aliphatic heterocycles. The Hall–Kier alpha value is -3.49. The number of hydrazone groups is 1. The highest BCUT2D eigenvalue weighted by Crippen LogP contribution is 2.39. The van der Waals surface area contributed by atoms with Gasteiger partial charge in [-0.15, -0.1) is 0 Å². The Morgan fingerprint density at radius 2 is 1.89 bits per heavy atom. The molecule has 2 amide bonds. The molecule has 0 aromatic heterocycles. The fraction of sp³-hybridized carbons (Fsp3) is 0.185. The maximum atomic E-state index is 13.5. The number of thioether (sulfide) groups is 1. The summed E-state index contributed by atoms with van der Waals surface area (Å²) < 4.78 is 13.5. The number of halogens is 2. The molecule has 0 saturated carbocycles. The van der Waals surface area contributed by atoms with E-state index in [1.807, 2.05) is 49.4 Å². The first-order valence-corrected chi connectivity index (χ1v) is 12.7. The Balaban J connectivity index is 1.35. The van der Waals surface area contributed by atoms with Crippen molar-refractivity contribution in [3.8, 4) is 0 Å². The van der Waals surface area contributed by atoms with Crippen LogP contribution in [0.5, 0.6) is 0 Å². The number of hydrogen-bond donors (Lipinski definition) is 1. The first kappa shape index (κ1) is 24.2. The Morgan fingerprint density at radius 3 is 2.61 bits per heavy atom. The van der Waals surface area contributed by atoms with Gasteiger partial charge in [-0.05, 0) is 54.4 Å². The van der Waals surface area contributed by atoms with E-state index >= 15 is 0 Å². The molecule has 36 heavy (non-hydrogen) atoms. The molecule has 0 spiro atoms. The number of nitrogens with one attached hydrogen (secondary N) is 1. The zero-order valence-corrected chi connectivity index (χ0v) is 20.9. The predicted molar refractivity (Wildman–Crippen MR) is 142 cm³/mol. The highest BCUT2D eigenvalue weighted by molar-refractivity contribution is 8.15. The molecule has 9 heteroatoms. The Bertz CT molecular complexity index is 1380. The summed E-state index contributed by atoms with van der Waals surface area (Å²) in [7, 11) is 0. The molecule has 5 rings (SSSR count). The van der Waals surface area contributed by atoms with Crippen molar-refractivity contribution in [2.75, 3.05) is 5.32 Å². The van der Waals surface area contributed by atoms with E-state index < -0.39 is 5.25 Å². The van der Waals surface area contributed by atoms with E-state index in [2.05, 4.69) is 10.3 Å². The largest absolute Gasteiger partial charge is 0.326 e. The number of amides is 2. The fourth-order valence-corrected chi connectivity index (χ4v) is 5.36. The lowest BCUT2D eigenvalue weighted by Gasteiger charge is -2.23. The molecule has 6 nitrogen and oxygen atoms in total. The Labute approximate surface area is 217 Å². The van der Waals surface area contributed by atoms with Crippen molar-refractivity contribution in [3.05, 3.63) is 100 Å². The zero-order chi connectivity index (χ0) is 25.2. The number of nitrogens with zero attached hydrogens (tertiary/aromatic N) is 3. The van der Waals surface area contributed by atoms with Crippen LogP contribution in [0.15, 0.2) is 82.9 Å². The lowest BCUT2D eigenvalue weighted by atomic mass is 9.98. The third-order valence-electron chi connectivity index (χ3n) is 5.95. The van der Waals surface area contributed by atoms with Gasteiger partial charge in [0, 0.05) is 23.6 Å². The summed E-state index contributed by atoms with van der Waals surface area (Å²) in [5.41, 5.74) is 4.22. The van der Waals surface area contributed by atoms with Gasteiger partial charge in [-0.2, -0.15) is 10.1 Å². The van der Waals surface area contributed by atoms with Crippen LogP contribution >= 0.6 is 23.4 Å². The third kappa shape index (κ3) is 5.34. The molecule has 0 aliphatic carbocycles. The molecular weight excluding hydrogens is 499 g/mol. The Kier molecular flexibility index (Phi) is 6.89. The first-order valence-electron chi connectivity index (χ1n) is 11.4. The molecule has 2 atom stereocenters. The Morgan fingerprint density at radius 1 is 1.14 bits per heavy atom. The minimum atomic E-state index is -0.643. The van der Waals surface area contributed by atoms with Gasteiger partial charge in [0.05, 0.1) is 11.8 Å². The normalized spacial score (nSPS) is 19.3. The standard InChI is InChI=1S/C27H22ClFN4O2S/c1-16-5-11-21(12-6-16)30-25(34)15-24-26(35)31-27(36-24)33-23(18-3-2-4-19(28)13-18)14-22(32-33)17-7-9-20(29)10-8-17/h2-13,23-24H,14-15H2,1H3,(H,30,34)/t23-,24-/m1/s1. The molecule has 0 fully saturated rings. The number of rotatable bonds is 5. The molecule has 182 valence electrons. The molecule has 1 N–H and O–H groups in total. The van der Waals surface area contributed by atoms with Gasteiger partial charge in [0.25, 0.3) is 5.91 Å². The molecule has 0 bridgehead atoms. The molecule has 0 radical (unpaired) electrons. The number of aryl methyl sites for hydroxylation is 1. The monoisotopic (exact) mass is 520 g/mol. The summed E-state index contributed by atoms with van der Waals surface area (Å²) >= 11 is 7.47. The lowest BCUT2D eigenvalue weighted by molar-refractivity contribution is -0.121. The van der Waals surface area contributed by atoms with Crippen LogP contribution in [0, 0.1) is 12.7 Å². The van der Waals surface area contributed by atoms with Crippen LogP contribution < -0.4 is 5.32 Å². The number of aliphatic imine (C=N–C) groups is 1. The number of anilines is 1. The number of carbonyl (C=O) groups excluding carboxylic acids is 2. The summed E-state index contributed by atoms with van der Waals surface area (Å²) in [5, 5.41) is 9.68. The van der Waals surface area contributed by atoms with Crippen LogP contribution in [0.4, 0.5) is 10.1 Å². The van der Waals surface area contributed by atoms with Crippen molar-refractivity contribution in [1.82, 2.24) is 5.01 Å². The van der Waals surface area contributed by atoms with Gasteiger partial charge in [-0.25, -0.2) is 9.40 Å². The number of amidine groups is 1. The van der Waals surface area contributed by atoms with E-state index in [0.29, 0.717) is 22.3 Å². The molecule has 2 heterocycles. The molecule has 3 aromatic carbocycles. The maximum Gasteiger partial charge on any atom is 0.262 e. The second kappa shape index (κ2) is 10.2. The van der Waals surface area contributed by atoms with Crippen molar-refractivity contribution in [2.24, 2.45) is 10.1 Å². The van der Waals surface area contributed by atoms with Crippen LogP contribution in [0.2, 0.25) is 5.02 Å². The van der Waals surface area contributed by atoms with Crippen molar-refractivity contribution in [3.63, 3.8) is 0 Å². The van der Waals surface area contributed by atoms with E-state index in [4.69, 9.17) is 16.7 Å². The SMILES string of the molecule is Cc1ccc(NC(=O)C[C@H]2SC(N3N=C(c4ccc(F)cc4)C[C@@H]3c3cccc(Cl)c3)=NC2=O)cc1. The minimum Gasteiger partial charge on any atom is -0.326 e. The summed E-state index contributed by atoms with van der Waals surface area (Å²) in [6, 6.07) is 20.8. The van der Waals surface area contributed by atoms with Crippen molar-refractivity contribution >= 4 is 51.7 Å². The van der Waals surface area contributed by atoms with Gasteiger partial charge in [0.15, 0.2) is 5.17 Å². The lowest BCUT2D eigenvalue weighted by Crippen LogP contribution is -2.25. The second-order valence-corrected chi connectivity index (χ2v) is 10.2. The van der Waals surface area contributed by atoms with Crippen molar-refractivity contribution < 1.29 is 14.0 Å². The summed E-state index contributed by atoms with van der Waals surface area (Å²) in [4.78, 5) is 29.6. The molecule has 0 saturated heterocycles. The van der Waals surface area contributed by atoms with E-state index in [9.17, 15) is 14.0 Å². The molecule has 2 aliphatic rings. The van der Waals surface area contributed by atoms with Crippen LogP contribution in [0.3, 0.4) is 0 Å². The van der Waals surface area contributed by atoms with Crippen LogP contribution in [0.25, 0.3) is 0 Å². The highest BCUT2D eigenvalue weighted by atomic mass is 35.5. The van der Waals surface area contributed by atoms with Gasteiger partial charge in [0.1, 0.15) is 11.1 Å². The second-order valence-electron chi connectivity index (χ2n) is 8.63. The van der Waals surface area contributed by atoms with E-state index in [1.54, 1.807) is 23.2 Å².